The molecule has 1 aromatic carbocycles. The van der Waals surface area contributed by atoms with E-state index in [1.54, 1.807) is 0 Å². The van der Waals surface area contributed by atoms with Gasteiger partial charge in [0.2, 0.25) is 10.0 Å². The van der Waals surface area contributed by atoms with Crippen LogP contribution in [0.2, 0.25) is 5.02 Å². The van der Waals surface area contributed by atoms with Crippen molar-refractivity contribution in [1.82, 2.24) is 4.72 Å². The molecule has 9 heteroatoms. The first-order valence-corrected chi connectivity index (χ1v) is 9.69. The number of ether oxygens (including phenoxy) is 2. The van der Waals surface area contributed by atoms with Crippen molar-refractivity contribution in [2.24, 2.45) is 11.7 Å². The summed E-state index contributed by atoms with van der Waals surface area (Å²) >= 11 is 6.15. The lowest BCUT2D eigenvalue weighted by Crippen LogP contribution is -2.44. The Morgan fingerprint density at radius 1 is 1.17 bits per heavy atom. The smallest absolute Gasteiger partial charge is 0.242 e. The van der Waals surface area contributed by atoms with Crippen LogP contribution in [0.25, 0.3) is 0 Å². The first-order chi connectivity index (χ1) is 11.0. The van der Waals surface area contributed by atoms with Crippen LogP contribution in [0.5, 0.6) is 11.5 Å². The molecule has 3 rings (SSSR count). The largest absolute Gasteiger partial charge is 0.486 e. The summed E-state index contributed by atoms with van der Waals surface area (Å²) in [5.41, 5.74) is 5.77. The predicted octanol–water partition coefficient (Wildman–Crippen LogP) is 2.33. The molecule has 1 aliphatic carbocycles. The molecule has 2 aliphatic rings. The van der Waals surface area contributed by atoms with Crippen LogP contribution in [-0.2, 0) is 10.0 Å². The summed E-state index contributed by atoms with van der Waals surface area (Å²) in [6.45, 7) is 1.29. The molecule has 1 saturated carbocycles. The van der Waals surface area contributed by atoms with Crippen molar-refractivity contribution < 1.29 is 17.9 Å². The Labute approximate surface area is 153 Å². The van der Waals surface area contributed by atoms with Crippen molar-refractivity contribution >= 4 is 34.0 Å². The van der Waals surface area contributed by atoms with Crippen LogP contribution >= 0.6 is 24.0 Å². The van der Waals surface area contributed by atoms with Gasteiger partial charge in [0.25, 0.3) is 0 Å². The highest BCUT2D eigenvalue weighted by molar-refractivity contribution is 7.89. The maximum Gasteiger partial charge on any atom is 0.242 e. The van der Waals surface area contributed by atoms with Crippen molar-refractivity contribution in [3.05, 3.63) is 17.2 Å². The van der Waals surface area contributed by atoms with Gasteiger partial charge in [-0.3, -0.25) is 0 Å². The van der Waals surface area contributed by atoms with Gasteiger partial charge < -0.3 is 15.2 Å². The van der Waals surface area contributed by atoms with Gasteiger partial charge in [0.1, 0.15) is 18.1 Å². The molecular formula is C15H22Cl2N2O4S. The number of rotatable bonds is 4. The van der Waals surface area contributed by atoms with Gasteiger partial charge >= 0.3 is 0 Å². The molecule has 0 radical (unpaired) electrons. The SMILES string of the molecule is Cl.NCC1CCCCC1NS(=O)(=O)c1cc2c(cc1Cl)OCCO2. The van der Waals surface area contributed by atoms with Gasteiger partial charge in [-0.15, -0.1) is 12.4 Å². The number of nitrogens with one attached hydrogen (secondary N) is 1. The lowest BCUT2D eigenvalue weighted by Gasteiger charge is -2.31. The molecule has 1 heterocycles. The number of hydrogen-bond donors (Lipinski definition) is 2. The molecule has 1 aromatic rings. The highest BCUT2D eigenvalue weighted by atomic mass is 35.5. The second-order valence-electron chi connectivity index (χ2n) is 5.93. The van der Waals surface area contributed by atoms with Gasteiger partial charge in [-0.2, -0.15) is 0 Å². The topological polar surface area (TPSA) is 90.7 Å². The molecule has 2 unspecified atom stereocenters. The average molecular weight is 397 g/mol. The minimum Gasteiger partial charge on any atom is -0.486 e. The Morgan fingerprint density at radius 2 is 1.79 bits per heavy atom. The number of benzene rings is 1. The molecule has 3 N–H and O–H groups in total. The third-order valence-corrected chi connectivity index (χ3v) is 6.36. The molecule has 136 valence electrons. The zero-order chi connectivity index (χ0) is 16.4. The molecule has 0 bridgehead atoms. The summed E-state index contributed by atoms with van der Waals surface area (Å²) in [5, 5.41) is 0.127. The van der Waals surface area contributed by atoms with Crippen molar-refractivity contribution in [3.8, 4) is 11.5 Å². The Hall–Kier alpha value is -0.730. The Balaban J connectivity index is 0.00000208. The average Bonchev–Trinajstić information content (AvgIpc) is 2.54. The highest BCUT2D eigenvalue weighted by Crippen LogP contribution is 2.37. The summed E-state index contributed by atoms with van der Waals surface area (Å²) < 4.78 is 39.1. The molecule has 6 nitrogen and oxygen atoms in total. The monoisotopic (exact) mass is 396 g/mol. The van der Waals surface area contributed by atoms with Crippen molar-refractivity contribution in [2.75, 3.05) is 19.8 Å². The number of nitrogens with two attached hydrogens (primary N) is 1. The normalized spacial score (nSPS) is 23.4. The number of sulfonamides is 1. The van der Waals surface area contributed by atoms with E-state index in [4.69, 9.17) is 26.8 Å². The van der Waals surface area contributed by atoms with E-state index in [-0.39, 0.29) is 34.3 Å². The fraction of sp³-hybridized carbons (Fsp3) is 0.600. The van der Waals surface area contributed by atoms with Gasteiger partial charge in [0, 0.05) is 18.2 Å². The van der Waals surface area contributed by atoms with E-state index in [0.717, 1.165) is 25.7 Å². The van der Waals surface area contributed by atoms with E-state index in [1.165, 1.54) is 12.1 Å². The minimum atomic E-state index is -3.74. The lowest BCUT2D eigenvalue weighted by molar-refractivity contribution is 0.171. The van der Waals surface area contributed by atoms with Crippen LogP contribution in [-0.4, -0.2) is 34.2 Å². The summed E-state index contributed by atoms with van der Waals surface area (Å²) in [6, 6.07) is 2.77. The van der Waals surface area contributed by atoms with Crippen LogP contribution in [0.4, 0.5) is 0 Å². The third-order valence-electron chi connectivity index (χ3n) is 4.40. The number of fused-ring (bicyclic) bond motifs is 1. The van der Waals surface area contributed by atoms with Crippen LogP contribution in [0.1, 0.15) is 25.7 Å². The molecule has 24 heavy (non-hydrogen) atoms. The summed E-state index contributed by atoms with van der Waals surface area (Å²) in [6.07, 6.45) is 3.82. The molecule has 0 saturated heterocycles. The zero-order valence-corrected chi connectivity index (χ0v) is 15.6. The molecule has 0 aromatic heterocycles. The van der Waals surface area contributed by atoms with E-state index in [9.17, 15) is 8.42 Å². The third kappa shape index (κ3) is 4.08. The summed E-state index contributed by atoms with van der Waals surface area (Å²) in [5.74, 6) is 1.03. The first kappa shape index (κ1) is 19.6. The van der Waals surface area contributed by atoms with Gasteiger partial charge in [-0.1, -0.05) is 24.4 Å². The van der Waals surface area contributed by atoms with Crippen molar-refractivity contribution in [3.63, 3.8) is 0 Å². The summed E-state index contributed by atoms with van der Waals surface area (Å²) in [7, 11) is -3.74. The van der Waals surface area contributed by atoms with E-state index in [2.05, 4.69) is 4.72 Å². The fourth-order valence-corrected chi connectivity index (χ4v) is 5.03. The van der Waals surface area contributed by atoms with Gasteiger partial charge in [0.15, 0.2) is 11.5 Å². The number of halogens is 2. The standard InChI is InChI=1S/C15H21ClN2O4S.ClH/c16-11-7-13-14(22-6-5-21-13)8-15(11)23(19,20)18-12-4-2-1-3-10(12)9-17;/h7-8,10,12,18H,1-6,9,17H2;1H. The van der Waals surface area contributed by atoms with Crippen LogP contribution in [0.15, 0.2) is 17.0 Å². The van der Waals surface area contributed by atoms with Gasteiger partial charge in [-0.05, 0) is 25.3 Å². The molecule has 0 amide bonds. The van der Waals surface area contributed by atoms with Gasteiger partial charge in [0.05, 0.1) is 5.02 Å². The second kappa shape index (κ2) is 8.10. The Bertz CT molecular complexity index is 684. The number of hydrogen-bond acceptors (Lipinski definition) is 5. The van der Waals surface area contributed by atoms with Gasteiger partial charge in [-0.25, -0.2) is 13.1 Å². The second-order valence-corrected chi connectivity index (χ2v) is 8.02. The maximum atomic E-state index is 12.7. The zero-order valence-electron chi connectivity index (χ0n) is 13.2. The highest BCUT2D eigenvalue weighted by Gasteiger charge is 2.30. The molecule has 1 aliphatic heterocycles. The van der Waals surface area contributed by atoms with Crippen molar-refractivity contribution in [2.45, 2.75) is 36.6 Å². The van der Waals surface area contributed by atoms with E-state index in [1.807, 2.05) is 0 Å². The van der Waals surface area contributed by atoms with Crippen LogP contribution < -0.4 is 19.9 Å². The molecule has 2 atom stereocenters. The quantitative estimate of drug-likeness (QED) is 0.814. The molecular weight excluding hydrogens is 375 g/mol. The Kier molecular flexibility index (Phi) is 6.61. The molecule has 0 spiro atoms. The van der Waals surface area contributed by atoms with Crippen LogP contribution in [0, 0.1) is 5.92 Å². The van der Waals surface area contributed by atoms with E-state index >= 15 is 0 Å². The van der Waals surface area contributed by atoms with Crippen molar-refractivity contribution in [1.29, 1.82) is 0 Å². The predicted molar refractivity (Wildman–Crippen MR) is 94.8 cm³/mol. The first-order valence-electron chi connectivity index (χ1n) is 7.83. The minimum absolute atomic E-state index is 0. The van der Waals surface area contributed by atoms with E-state index in [0.29, 0.717) is 31.3 Å². The summed E-state index contributed by atoms with van der Waals surface area (Å²) in [4.78, 5) is 0.0183. The molecule has 1 fully saturated rings. The van der Waals surface area contributed by atoms with Crippen LogP contribution in [0.3, 0.4) is 0 Å². The fourth-order valence-electron chi connectivity index (χ4n) is 3.16. The maximum absolute atomic E-state index is 12.7. The van der Waals surface area contributed by atoms with E-state index < -0.39 is 10.0 Å². The lowest BCUT2D eigenvalue weighted by atomic mass is 9.85. The Morgan fingerprint density at radius 3 is 2.46 bits per heavy atom.